The van der Waals surface area contributed by atoms with E-state index in [2.05, 4.69) is 13.8 Å². The molecule has 0 spiro atoms. The summed E-state index contributed by atoms with van der Waals surface area (Å²) in [4.78, 5) is 24.2. The number of aryl methyl sites for hydroxylation is 1. The third-order valence-electron chi connectivity index (χ3n) is 6.12. The predicted molar refractivity (Wildman–Crippen MR) is 106 cm³/mol. The number of carbonyl (C=O) groups is 1. The molecule has 27 heavy (non-hydrogen) atoms. The van der Waals surface area contributed by atoms with E-state index in [4.69, 9.17) is 17.0 Å². The minimum Gasteiger partial charge on any atom is -0.465 e. The Kier molecular flexibility index (Phi) is 7.37. The maximum absolute atomic E-state index is 13.7. The number of rotatable bonds is 9. The van der Waals surface area contributed by atoms with Crippen molar-refractivity contribution in [2.45, 2.75) is 72.9 Å². The first-order chi connectivity index (χ1) is 12.7. The summed E-state index contributed by atoms with van der Waals surface area (Å²) in [6, 6.07) is 0. The zero-order chi connectivity index (χ0) is 20.2. The van der Waals surface area contributed by atoms with Gasteiger partial charge in [-0.05, 0) is 63.6 Å². The van der Waals surface area contributed by atoms with Crippen molar-refractivity contribution in [3.63, 3.8) is 0 Å². The fourth-order valence-electron chi connectivity index (χ4n) is 3.87. The van der Waals surface area contributed by atoms with Crippen LogP contribution in [0.2, 0.25) is 0 Å². The summed E-state index contributed by atoms with van der Waals surface area (Å²) in [5, 5.41) is 0. The van der Waals surface area contributed by atoms with Crippen molar-refractivity contribution in [2.24, 2.45) is 17.3 Å². The fraction of sp³-hybridized carbons (Fsp3) is 0.750. The molecule has 1 heterocycles. The van der Waals surface area contributed by atoms with Gasteiger partial charge in [-0.1, -0.05) is 20.3 Å². The molecule has 2 rings (SSSR count). The third kappa shape index (κ3) is 4.68. The van der Waals surface area contributed by atoms with Crippen LogP contribution >= 0.6 is 12.2 Å². The van der Waals surface area contributed by atoms with Crippen LogP contribution in [-0.4, -0.2) is 21.7 Å². The molecule has 3 atom stereocenters. The van der Waals surface area contributed by atoms with E-state index in [1.165, 1.54) is 10.8 Å². The van der Waals surface area contributed by atoms with E-state index < -0.39 is 11.4 Å². The molecule has 0 amide bonds. The molecule has 1 aliphatic carbocycles. The van der Waals surface area contributed by atoms with Crippen molar-refractivity contribution in [3.8, 4) is 0 Å². The number of hydrogen-bond acceptors (Lipinski definition) is 4. The summed E-state index contributed by atoms with van der Waals surface area (Å²) in [6.45, 7) is 9.49. The van der Waals surface area contributed by atoms with E-state index >= 15 is 0 Å². The fourth-order valence-corrected chi connectivity index (χ4v) is 4.22. The molecule has 5 nitrogen and oxygen atoms in total. The van der Waals surface area contributed by atoms with Crippen LogP contribution in [0.1, 0.15) is 59.8 Å². The smallest absolute Gasteiger partial charge is 0.312 e. The lowest BCUT2D eigenvalue weighted by atomic mass is 9.56. The largest absolute Gasteiger partial charge is 0.465 e. The van der Waals surface area contributed by atoms with Crippen molar-refractivity contribution < 1.29 is 13.9 Å². The van der Waals surface area contributed by atoms with E-state index in [9.17, 15) is 14.0 Å². The first-order valence-electron chi connectivity index (χ1n) is 9.89. The number of halogens is 1. The maximum Gasteiger partial charge on any atom is 0.312 e. The van der Waals surface area contributed by atoms with E-state index in [1.54, 1.807) is 4.57 Å². The molecule has 7 heteroatoms. The lowest BCUT2D eigenvalue weighted by Gasteiger charge is -2.48. The molecule has 152 valence electrons. The zero-order valence-corrected chi connectivity index (χ0v) is 17.6. The first kappa shape index (κ1) is 21.8. The normalized spacial score (nSPS) is 24.5. The molecule has 0 radical (unpaired) electrons. The Labute approximate surface area is 165 Å². The summed E-state index contributed by atoms with van der Waals surface area (Å²) < 4.78 is 22.4. The number of unbranched alkanes of at least 4 members (excludes halogenated alkanes) is 3. The summed E-state index contributed by atoms with van der Waals surface area (Å²) >= 11 is 5.26. The molecule has 1 aliphatic rings. The van der Waals surface area contributed by atoms with Gasteiger partial charge in [-0.3, -0.25) is 14.2 Å². The van der Waals surface area contributed by atoms with Gasteiger partial charge >= 0.3 is 5.97 Å². The van der Waals surface area contributed by atoms with Crippen LogP contribution in [0.25, 0.3) is 0 Å². The van der Waals surface area contributed by atoms with Crippen molar-refractivity contribution in [2.75, 3.05) is 6.61 Å². The molecule has 1 aromatic rings. The van der Waals surface area contributed by atoms with E-state index in [0.29, 0.717) is 36.3 Å². The highest BCUT2D eigenvalue weighted by Gasteiger charge is 2.51. The van der Waals surface area contributed by atoms with Crippen LogP contribution in [0.5, 0.6) is 0 Å². The Hall–Kier alpha value is -1.50. The van der Waals surface area contributed by atoms with Crippen LogP contribution in [0, 0.1) is 27.8 Å². The van der Waals surface area contributed by atoms with Gasteiger partial charge in [-0.15, -0.1) is 0 Å². The second-order valence-corrected chi connectivity index (χ2v) is 8.31. The van der Waals surface area contributed by atoms with Crippen molar-refractivity contribution in [3.05, 3.63) is 27.1 Å². The molecule has 3 unspecified atom stereocenters. The van der Waals surface area contributed by atoms with Gasteiger partial charge in [-0.2, -0.15) is 4.39 Å². The second-order valence-electron chi connectivity index (χ2n) is 7.94. The standard InChI is InChI=1S/C20H31FN2O3S/c1-5-22-13-16(21)17(24)23(19(22)27)10-8-6-7-9-11-26-18(25)20(4)12-14(2)15(20)3/h13-15H,5-12H2,1-4H3. The topological polar surface area (TPSA) is 53.2 Å². The van der Waals surface area contributed by atoms with Gasteiger partial charge in [0, 0.05) is 19.3 Å². The first-order valence-corrected chi connectivity index (χ1v) is 10.3. The Bertz CT molecular complexity index is 788. The van der Waals surface area contributed by atoms with Crippen LogP contribution in [-0.2, 0) is 22.6 Å². The average molecular weight is 399 g/mol. The molecule has 1 aromatic heterocycles. The minimum absolute atomic E-state index is 0.0840. The molecule has 0 bridgehead atoms. The summed E-state index contributed by atoms with van der Waals surface area (Å²) in [6.07, 6.45) is 5.35. The van der Waals surface area contributed by atoms with Crippen LogP contribution in [0.4, 0.5) is 4.39 Å². The van der Waals surface area contributed by atoms with Crippen LogP contribution in [0.3, 0.4) is 0 Å². The van der Waals surface area contributed by atoms with Gasteiger partial charge in [0.2, 0.25) is 5.82 Å². The van der Waals surface area contributed by atoms with Gasteiger partial charge in [-0.25, -0.2) is 0 Å². The number of aromatic nitrogens is 2. The molecule has 0 N–H and O–H groups in total. The number of ether oxygens (including phenoxy) is 1. The molecule has 1 fully saturated rings. The van der Waals surface area contributed by atoms with Gasteiger partial charge in [0.15, 0.2) is 4.77 Å². The molecule has 0 saturated heterocycles. The molecular weight excluding hydrogens is 367 g/mol. The second kappa shape index (κ2) is 9.13. The minimum atomic E-state index is -0.773. The van der Waals surface area contributed by atoms with Crippen LogP contribution < -0.4 is 5.56 Å². The van der Waals surface area contributed by atoms with Gasteiger partial charge < -0.3 is 9.30 Å². The lowest BCUT2D eigenvalue weighted by Crippen LogP contribution is -2.49. The Balaban J connectivity index is 1.70. The summed E-state index contributed by atoms with van der Waals surface area (Å²) in [5.41, 5.74) is -0.984. The number of nitrogens with zero attached hydrogens (tertiary/aromatic N) is 2. The van der Waals surface area contributed by atoms with Crippen molar-refractivity contribution in [1.82, 2.24) is 9.13 Å². The highest BCUT2D eigenvalue weighted by Crippen LogP contribution is 2.51. The van der Waals surface area contributed by atoms with E-state index in [-0.39, 0.29) is 11.4 Å². The monoisotopic (exact) mass is 398 g/mol. The molecule has 0 aliphatic heterocycles. The highest BCUT2D eigenvalue weighted by atomic mass is 32.1. The van der Waals surface area contributed by atoms with Crippen molar-refractivity contribution in [1.29, 1.82) is 0 Å². The van der Waals surface area contributed by atoms with Gasteiger partial charge in [0.05, 0.1) is 12.0 Å². The Morgan fingerprint density at radius 1 is 1.33 bits per heavy atom. The molecule has 1 saturated carbocycles. The SMILES string of the molecule is CCn1cc(F)c(=O)n(CCCCCCOC(=O)C2(C)CC(C)C2C)c1=S. The zero-order valence-electron chi connectivity index (χ0n) is 16.8. The quantitative estimate of drug-likeness (QED) is 0.353. The molecule has 0 aromatic carbocycles. The lowest BCUT2D eigenvalue weighted by molar-refractivity contribution is -0.170. The Morgan fingerprint density at radius 2 is 2.00 bits per heavy atom. The number of carbonyl (C=O) groups excluding carboxylic acids is 1. The predicted octanol–water partition coefficient (Wildman–Crippen LogP) is 4.32. The van der Waals surface area contributed by atoms with Crippen molar-refractivity contribution >= 4 is 18.2 Å². The summed E-state index contributed by atoms with van der Waals surface area (Å²) in [7, 11) is 0. The average Bonchev–Trinajstić information content (AvgIpc) is 2.65. The van der Waals surface area contributed by atoms with E-state index in [1.807, 2.05) is 13.8 Å². The maximum atomic E-state index is 13.7. The Morgan fingerprint density at radius 3 is 2.59 bits per heavy atom. The number of hydrogen-bond donors (Lipinski definition) is 0. The summed E-state index contributed by atoms with van der Waals surface area (Å²) in [5.74, 6) is 0.0900. The van der Waals surface area contributed by atoms with Crippen LogP contribution in [0.15, 0.2) is 11.0 Å². The highest BCUT2D eigenvalue weighted by molar-refractivity contribution is 7.71. The van der Waals surface area contributed by atoms with Gasteiger partial charge in [0.25, 0.3) is 5.56 Å². The number of esters is 1. The van der Waals surface area contributed by atoms with Gasteiger partial charge in [0.1, 0.15) is 0 Å². The third-order valence-corrected chi connectivity index (χ3v) is 6.57. The molecular formula is C20H31FN2O3S. The van der Waals surface area contributed by atoms with E-state index in [0.717, 1.165) is 32.1 Å².